The van der Waals surface area contributed by atoms with Crippen LogP contribution in [0, 0.1) is 0 Å². The number of carbonyl (C=O) groups excluding carboxylic acids is 1. The summed E-state index contributed by atoms with van der Waals surface area (Å²) in [5, 5.41) is 0. The normalized spacial score (nSPS) is 10.5. The molecule has 0 aliphatic heterocycles. The molecule has 0 fully saturated rings. The number of rotatable bonds is 18. The van der Waals surface area contributed by atoms with Crippen molar-refractivity contribution in [2.75, 3.05) is 13.2 Å². The molecule has 4 nitrogen and oxygen atoms in total. The lowest BCUT2D eigenvalue weighted by Gasteiger charge is -2.03. The van der Waals surface area contributed by atoms with Gasteiger partial charge in [0.1, 0.15) is 6.61 Å². The number of hydrogen-bond acceptors (Lipinski definition) is 2. The SMILES string of the molecule is CCCCCCCCCCCCCCCCOCC(=O)C=[N+]=[N-]. The van der Waals surface area contributed by atoms with E-state index in [0.29, 0.717) is 6.61 Å². The van der Waals surface area contributed by atoms with E-state index in [1.807, 2.05) is 0 Å². The Morgan fingerprint density at radius 2 is 1.26 bits per heavy atom. The van der Waals surface area contributed by atoms with E-state index < -0.39 is 0 Å². The molecule has 0 rings (SSSR count). The zero-order valence-corrected chi connectivity index (χ0v) is 15.1. The fraction of sp³-hybridized carbons (Fsp3) is 0.895. The second-order valence-electron chi connectivity index (χ2n) is 6.36. The summed E-state index contributed by atoms with van der Waals surface area (Å²) in [5.74, 6) is -0.294. The summed E-state index contributed by atoms with van der Waals surface area (Å²) in [7, 11) is 0. The molecule has 0 aromatic heterocycles. The highest BCUT2D eigenvalue weighted by Crippen LogP contribution is 2.12. The first kappa shape index (κ1) is 22.0. The molecule has 0 bridgehead atoms. The minimum absolute atomic E-state index is 0.0164. The van der Waals surface area contributed by atoms with E-state index in [4.69, 9.17) is 10.3 Å². The Morgan fingerprint density at radius 3 is 1.70 bits per heavy atom. The van der Waals surface area contributed by atoms with Crippen LogP contribution in [0.25, 0.3) is 5.53 Å². The summed E-state index contributed by atoms with van der Waals surface area (Å²) in [6.45, 7) is 2.90. The fourth-order valence-electron chi connectivity index (χ4n) is 2.67. The fourth-order valence-corrected chi connectivity index (χ4v) is 2.67. The van der Waals surface area contributed by atoms with Gasteiger partial charge in [-0.2, -0.15) is 4.79 Å². The zero-order valence-electron chi connectivity index (χ0n) is 15.1. The number of carbonyl (C=O) groups is 1. The van der Waals surface area contributed by atoms with Gasteiger partial charge in [-0.25, -0.2) is 0 Å². The molecule has 0 aromatic carbocycles. The van der Waals surface area contributed by atoms with Crippen molar-refractivity contribution in [3.05, 3.63) is 5.53 Å². The van der Waals surface area contributed by atoms with Crippen LogP contribution in [-0.4, -0.2) is 30.0 Å². The maximum absolute atomic E-state index is 11.0. The van der Waals surface area contributed by atoms with E-state index in [0.717, 1.165) is 12.6 Å². The molecule has 0 heterocycles. The Kier molecular flexibility index (Phi) is 18.2. The molecule has 0 aliphatic rings. The maximum atomic E-state index is 11.0. The highest BCUT2D eigenvalue weighted by atomic mass is 16.5. The van der Waals surface area contributed by atoms with Crippen molar-refractivity contribution in [2.24, 2.45) is 0 Å². The van der Waals surface area contributed by atoms with Crippen molar-refractivity contribution < 1.29 is 14.3 Å². The number of ketones is 1. The molecule has 0 spiro atoms. The third kappa shape index (κ3) is 19.0. The number of nitrogens with zero attached hydrogens (tertiary/aromatic N) is 2. The third-order valence-electron chi connectivity index (χ3n) is 4.09. The first-order valence-corrected chi connectivity index (χ1v) is 9.59. The van der Waals surface area contributed by atoms with Crippen molar-refractivity contribution in [1.29, 1.82) is 0 Å². The van der Waals surface area contributed by atoms with Crippen LogP contribution in [0.2, 0.25) is 0 Å². The van der Waals surface area contributed by atoms with Crippen LogP contribution in [0.3, 0.4) is 0 Å². The van der Waals surface area contributed by atoms with Gasteiger partial charge in [-0.15, -0.1) is 0 Å². The van der Waals surface area contributed by atoms with Crippen molar-refractivity contribution in [1.82, 2.24) is 0 Å². The van der Waals surface area contributed by atoms with Crippen molar-refractivity contribution in [2.45, 2.75) is 96.8 Å². The number of hydrogen-bond donors (Lipinski definition) is 0. The van der Waals surface area contributed by atoms with Gasteiger partial charge in [0.25, 0.3) is 5.78 Å². The number of Topliss-reactive ketones (excluding diaryl/α,β-unsaturated/α-hetero) is 1. The Morgan fingerprint density at radius 1 is 0.826 bits per heavy atom. The van der Waals surface area contributed by atoms with E-state index in [9.17, 15) is 4.79 Å². The summed E-state index contributed by atoms with van der Waals surface area (Å²) in [6, 6.07) is 0. The van der Waals surface area contributed by atoms with Crippen molar-refractivity contribution in [3.8, 4) is 0 Å². The minimum Gasteiger partial charge on any atom is -0.373 e. The van der Waals surface area contributed by atoms with Crippen LogP contribution < -0.4 is 0 Å². The molecule has 0 aromatic rings. The number of unbranched alkanes of at least 4 members (excludes halogenated alkanes) is 13. The van der Waals surface area contributed by atoms with Gasteiger partial charge in [0, 0.05) is 6.61 Å². The predicted octanol–water partition coefficient (Wildman–Crippen LogP) is 5.35. The molecular formula is C19H36N2O2. The first-order chi connectivity index (χ1) is 11.3. The second kappa shape index (κ2) is 19.1. The molecule has 0 saturated carbocycles. The molecule has 0 amide bonds. The highest BCUT2D eigenvalue weighted by Gasteiger charge is 2.01. The van der Waals surface area contributed by atoms with Gasteiger partial charge in [0.2, 0.25) is 0 Å². The zero-order chi connectivity index (χ0) is 17.0. The average Bonchev–Trinajstić information content (AvgIpc) is 2.54. The summed E-state index contributed by atoms with van der Waals surface area (Å²) in [5.41, 5.74) is 8.16. The predicted molar refractivity (Wildman–Crippen MR) is 95.8 cm³/mol. The quantitative estimate of drug-likeness (QED) is 0.147. The first-order valence-electron chi connectivity index (χ1n) is 9.59. The van der Waals surface area contributed by atoms with Crippen molar-refractivity contribution in [3.63, 3.8) is 0 Å². The lowest BCUT2D eigenvalue weighted by atomic mass is 10.0. The summed E-state index contributed by atoms with van der Waals surface area (Å²) >= 11 is 0. The van der Waals surface area contributed by atoms with Gasteiger partial charge in [-0.05, 0) is 6.42 Å². The maximum Gasteiger partial charge on any atom is 0.325 e. The Hall–Kier alpha value is -0.990. The van der Waals surface area contributed by atoms with E-state index >= 15 is 0 Å². The van der Waals surface area contributed by atoms with Crippen LogP contribution in [0.1, 0.15) is 96.8 Å². The third-order valence-corrected chi connectivity index (χ3v) is 4.09. The molecule has 0 radical (unpaired) electrons. The second-order valence-corrected chi connectivity index (χ2v) is 6.36. The minimum atomic E-state index is -0.294. The summed E-state index contributed by atoms with van der Waals surface area (Å²) in [6.07, 6.45) is 19.6. The average molecular weight is 325 g/mol. The molecule has 0 atom stereocenters. The Bertz CT molecular complexity index is 312. The topological polar surface area (TPSA) is 62.7 Å². The van der Waals surface area contributed by atoms with Gasteiger partial charge < -0.3 is 10.3 Å². The smallest absolute Gasteiger partial charge is 0.325 e. The molecular weight excluding hydrogens is 288 g/mol. The molecule has 4 heteroatoms. The molecule has 23 heavy (non-hydrogen) atoms. The molecule has 0 N–H and O–H groups in total. The summed E-state index contributed by atoms with van der Waals surface area (Å²) < 4.78 is 5.20. The summed E-state index contributed by atoms with van der Waals surface area (Å²) in [4.78, 5) is 13.6. The van der Waals surface area contributed by atoms with Gasteiger partial charge in [-0.3, -0.25) is 4.79 Å². The van der Waals surface area contributed by atoms with E-state index in [1.54, 1.807) is 0 Å². The van der Waals surface area contributed by atoms with Gasteiger partial charge in [-0.1, -0.05) is 90.4 Å². The van der Waals surface area contributed by atoms with Crippen LogP contribution in [-0.2, 0) is 9.53 Å². The molecule has 0 unspecified atom stereocenters. The molecule has 0 aliphatic carbocycles. The van der Waals surface area contributed by atoms with Gasteiger partial charge in [0.15, 0.2) is 0 Å². The van der Waals surface area contributed by atoms with Crippen molar-refractivity contribution >= 4 is 12.0 Å². The lowest BCUT2D eigenvalue weighted by molar-refractivity contribution is -0.120. The van der Waals surface area contributed by atoms with Gasteiger partial charge >= 0.3 is 6.21 Å². The van der Waals surface area contributed by atoms with Crippen LogP contribution in [0.5, 0.6) is 0 Å². The van der Waals surface area contributed by atoms with Crippen LogP contribution in [0.15, 0.2) is 0 Å². The lowest BCUT2D eigenvalue weighted by Crippen LogP contribution is -2.10. The standard InChI is InChI=1S/C19H36N2O2/c1-2-3-4-5-6-7-8-9-10-11-12-13-14-15-16-23-18-19(22)17-21-20/h17H,2-16,18H2,1H3. The van der Waals surface area contributed by atoms with E-state index in [-0.39, 0.29) is 12.4 Å². The van der Waals surface area contributed by atoms with E-state index in [1.165, 1.54) is 83.5 Å². The van der Waals surface area contributed by atoms with Gasteiger partial charge in [0.05, 0.1) is 0 Å². The highest BCUT2D eigenvalue weighted by molar-refractivity contribution is 6.25. The Labute approximate surface area is 142 Å². The monoisotopic (exact) mass is 324 g/mol. The Balaban J connectivity index is 3.05. The molecule has 0 saturated heterocycles. The largest absolute Gasteiger partial charge is 0.373 e. The number of ether oxygens (including phenoxy) is 1. The van der Waals surface area contributed by atoms with Crippen LogP contribution >= 0.6 is 0 Å². The van der Waals surface area contributed by atoms with E-state index in [2.05, 4.69) is 11.7 Å². The van der Waals surface area contributed by atoms with Crippen LogP contribution in [0.4, 0.5) is 0 Å². The molecule has 134 valence electrons.